The maximum Gasteiger partial charge on any atom is 0.417 e. The molecule has 0 fully saturated rings. The van der Waals surface area contributed by atoms with E-state index in [1.54, 1.807) is 38.1 Å². The molecule has 7 nitrogen and oxygen atoms in total. The average molecular weight is 583 g/mol. The van der Waals surface area contributed by atoms with Crippen LogP contribution in [-0.4, -0.2) is 23.8 Å². The number of carbonyl (C=O) groups excluding carboxylic acids is 1. The van der Waals surface area contributed by atoms with E-state index >= 15 is 0 Å². The molecule has 0 aliphatic carbocycles. The first-order valence-corrected chi connectivity index (χ1v) is 13.6. The molecule has 212 valence electrons. The maximum atomic E-state index is 13.8. The number of aromatic nitrogens is 1. The van der Waals surface area contributed by atoms with Gasteiger partial charge in [-0.3, -0.25) is 9.36 Å². The average Bonchev–Trinajstić information content (AvgIpc) is 3.52. The van der Waals surface area contributed by atoms with Crippen LogP contribution in [0.4, 0.5) is 13.2 Å². The van der Waals surface area contributed by atoms with Crippen LogP contribution in [-0.2, 0) is 15.7 Å². The van der Waals surface area contributed by atoms with Gasteiger partial charge >= 0.3 is 12.1 Å². The van der Waals surface area contributed by atoms with E-state index in [4.69, 9.17) is 13.9 Å². The van der Waals surface area contributed by atoms with Crippen LogP contribution in [0.2, 0.25) is 0 Å². The van der Waals surface area contributed by atoms with E-state index in [1.807, 2.05) is 6.92 Å². The summed E-state index contributed by atoms with van der Waals surface area (Å²) in [5.74, 6) is 0.273. The molecule has 0 N–H and O–H groups in total. The standard InChI is InChI=1S/C30H25F3N2O5S/c1-4-38-19-12-10-18(11-13-19)26-25(28(37)39-5-2)17(3)34-29-35(26)27(36)24(41-29)16-20-14-15-23(40-20)21-8-6-7-9-22(21)30(31,32)33/h6-16,26H,4-5H2,1-3H3/b24-16-/t26-/m0/s1. The molecule has 3 heterocycles. The normalized spacial score (nSPS) is 15.5. The van der Waals surface area contributed by atoms with Crippen molar-refractivity contribution < 1.29 is 31.9 Å². The molecule has 0 saturated heterocycles. The zero-order valence-corrected chi connectivity index (χ0v) is 23.1. The summed E-state index contributed by atoms with van der Waals surface area (Å²) in [6, 6.07) is 14.3. The summed E-state index contributed by atoms with van der Waals surface area (Å²) in [5, 5.41) is 0. The second-order valence-corrected chi connectivity index (χ2v) is 10.1. The Labute approximate surface area is 236 Å². The molecule has 0 spiro atoms. The number of ether oxygens (including phenoxy) is 2. The van der Waals surface area contributed by atoms with Gasteiger partial charge in [0, 0.05) is 11.6 Å². The first-order valence-electron chi connectivity index (χ1n) is 12.8. The van der Waals surface area contributed by atoms with Gasteiger partial charge in [0.25, 0.3) is 5.56 Å². The number of benzene rings is 2. The van der Waals surface area contributed by atoms with Gasteiger partial charge in [-0.05, 0) is 56.7 Å². The summed E-state index contributed by atoms with van der Waals surface area (Å²) < 4.78 is 58.8. The summed E-state index contributed by atoms with van der Waals surface area (Å²) in [5.41, 5.74) is -0.0554. The highest BCUT2D eigenvalue weighted by Gasteiger charge is 2.35. The third-order valence-corrected chi connectivity index (χ3v) is 7.40. The van der Waals surface area contributed by atoms with Gasteiger partial charge in [0.2, 0.25) is 0 Å². The van der Waals surface area contributed by atoms with Gasteiger partial charge in [0.1, 0.15) is 17.3 Å². The van der Waals surface area contributed by atoms with E-state index < -0.39 is 29.3 Å². The Hall–Kier alpha value is -4.38. The van der Waals surface area contributed by atoms with Crippen molar-refractivity contribution in [3.05, 3.63) is 109 Å². The fourth-order valence-corrected chi connectivity index (χ4v) is 5.70. The lowest BCUT2D eigenvalue weighted by Crippen LogP contribution is -2.39. The van der Waals surface area contributed by atoms with Crippen LogP contribution in [0.25, 0.3) is 17.4 Å². The van der Waals surface area contributed by atoms with Crippen molar-refractivity contribution >= 4 is 23.4 Å². The number of esters is 1. The Morgan fingerprint density at radius 3 is 2.49 bits per heavy atom. The van der Waals surface area contributed by atoms with E-state index in [9.17, 15) is 22.8 Å². The number of carbonyl (C=O) groups is 1. The second-order valence-electron chi connectivity index (χ2n) is 9.05. The maximum absolute atomic E-state index is 13.8. The van der Waals surface area contributed by atoms with Gasteiger partial charge in [0.15, 0.2) is 4.80 Å². The molecule has 0 amide bonds. The molecule has 1 atom stereocenters. The van der Waals surface area contributed by atoms with E-state index in [-0.39, 0.29) is 33.8 Å². The number of rotatable bonds is 7. The van der Waals surface area contributed by atoms with Crippen molar-refractivity contribution in [3.63, 3.8) is 0 Å². The number of hydrogen-bond acceptors (Lipinski definition) is 7. The third kappa shape index (κ3) is 5.49. The highest BCUT2D eigenvalue weighted by Crippen LogP contribution is 2.37. The largest absolute Gasteiger partial charge is 0.494 e. The summed E-state index contributed by atoms with van der Waals surface area (Å²) in [4.78, 5) is 31.7. The Kier molecular flexibility index (Phi) is 7.72. The van der Waals surface area contributed by atoms with Crippen molar-refractivity contribution in [1.82, 2.24) is 4.57 Å². The molecular formula is C30H25F3N2O5S. The number of halogens is 3. The molecular weight excluding hydrogens is 557 g/mol. The van der Waals surface area contributed by atoms with Gasteiger partial charge in [0.05, 0.1) is 40.6 Å². The molecule has 1 aliphatic heterocycles. The van der Waals surface area contributed by atoms with E-state index in [2.05, 4.69) is 4.99 Å². The van der Waals surface area contributed by atoms with Gasteiger partial charge in [-0.1, -0.05) is 41.7 Å². The predicted molar refractivity (Wildman–Crippen MR) is 147 cm³/mol. The number of alkyl halides is 3. The summed E-state index contributed by atoms with van der Waals surface area (Å²) in [6.07, 6.45) is -3.10. The van der Waals surface area contributed by atoms with Crippen molar-refractivity contribution in [2.75, 3.05) is 13.2 Å². The van der Waals surface area contributed by atoms with Crippen molar-refractivity contribution in [2.45, 2.75) is 33.0 Å². The zero-order chi connectivity index (χ0) is 29.3. The van der Waals surface area contributed by atoms with Gasteiger partial charge in [-0.2, -0.15) is 13.2 Å². The van der Waals surface area contributed by atoms with Crippen molar-refractivity contribution in [2.24, 2.45) is 4.99 Å². The minimum Gasteiger partial charge on any atom is -0.494 e. The van der Waals surface area contributed by atoms with Crippen molar-refractivity contribution in [3.8, 4) is 17.1 Å². The minimum absolute atomic E-state index is 0.0182. The number of thiazole rings is 1. The first kappa shape index (κ1) is 28.2. The van der Waals surface area contributed by atoms with Crippen LogP contribution in [0.15, 0.2) is 86.1 Å². The fourth-order valence-electron chi connectivity index (χ4n) is 4.67. The van der Waals surface area contributed by atoms with Crippen LogP contribution in [0.3, 0.4) is 0 Å². The Balaban J connectivity index is 1.62. The Morgan fingerprint density at radius 1 is 1.07 bits per heavy atom. The number of allylic oxidation sites excluding steroid dienone is 1. The van der Waals surface area contributed by atoms with Crippen LogP contribution in [0.1, 0.15) is 43.7 Å². The second kappa shape index (κ2) is 11.2. The number of fused-ring (bicyclic) bond motifs is 1. The molecule has 0 saturated carbocycles. The predicted octanol–water partition coefficient (Wildman–Crippen LogP) is 5.48. The smallest absolute Gasteiger partial charge is 0.417 e. The highest BCUT2D eigenvalue weighted by atomic mass is 32.1. The van der Waals surface area contributed by atoms with E-state index in [1.165, 1.54) is 41.0 Å². The molecule has 0 bridgehead atoms. The van der Waals surface area contributed by atoms with Crippen molar-refractivity contribution in [1.29, 1.82) is 0 Å². The number of nitrogens with zero attached hydrogens (tertiary/aromatic N) is 2. The molecule has 5 rings (SSSR count). The summed E-state index contributed by atoms with van der Waals surface area (Å²) >= 11 is 1.09. The van der Waals surface area contributed by atoms with Crippen LogP contribution >= 0.6 is 11.3 Å². The topological polar surface area (TPSA) is 83.0 Å². The molecule has 41 heavy (non-hydrogen) atoms. The van der Waals surface area contributed by atoms with Crippen LogP contribution in [0, 0.1) is 0 Å². The lowest BCUT2D eigenvalue weighted by atomic mass is 9.96. The van der Waals surface area contributed by atoms with Gasteiger partial charge < -0.3 is 13.9 Å². The molecule has 4 aromatic rings. The summed E-state index contributed by atoms with van der Waals surface area (Å²) in [6.45, 7) is 5.88. The van der Waals surface area contributed by atoms with Crippen LogP contribution < -0.4 is 19.6 Å². The zero-order valence-electron chi connectivity index (χ0n) is 22.3. The lowest BCUT2D eigenvalue weighted by molar-refractivity contribution is -0.139. The molecule has 1 aliphatic rings. The fraction of sp³-hybridized carbons (Fsp3) is 0.233. The first-order chi connectivity index (χ1) is 19.6. The summed E-state index contributed by atoms with van der Waals surface area (Å²) in [7, 11) is 0. The lowest BCUT2D eigenvalue weighted by Gasteiger charge is -2.24. The number of hydrogen-bond donors (Lipinski definition) is 0. The molecule has 0 unspecified atom stereocenters. The minimum atomic E-state index is -4.56. The Morgan fingerprint density at radius 2 is 1.80 bits per heavy atom. The Bertz CT molecular complexity index is 1810. The molecule has 2 aromatic carbocycles. The van der Waals surface area contributed by atoms with E-state index in [0.29, 0.717) is 28.4 Å². The SMILES string of the molecule is CCOC(=O)C1=C(C)N=c2s/c(=C\c3ccc(-c4ccccc4C(F)(F)F)o3)c(=O)n2[C@H]1c1ccc(OCC)cc1. The number of furan rings is 1. The van der Waals surface area contributed by atoms with E-state index in [0.717, 1.165) is 17.4 Å². The van der Waals surface area contributed by atoms with Gasteiger partial charge in [-0.25, -0.2) is 9.79 Å². The molecule has 2 aromatic heterocycles. The highest BCUT2D eigenvalue weighted by molar-refractivity contribution is 7.07. The van der Waals surface area contributed by atoms with Gasteiger partial charge in [-0.15, -0.1) is 0 Å². The monoisotopic (exact) mass is 582 g/mol. The molecule has 0 radical (unpaired) electrons. The quantitative estimate of drug-likeness (QED) is 0.270. The molecule has 11 heteroatoms. The van der Waals surface area contributed by atoms with Crippen LogP contribution in [0.5, 0.6) is 5.75 Å². The third-order valence-electron chi connectivity index (χ3n) is 6.42.